The van der Waals surface area contributed by atoms with Gasteiger partial charge in [0.15, 0.2) is 15.6 Å². The second-order valence-corrected chi connectivity index (χ2v) is 4.96. The number of ketones is 1. The first kappa shape index (κ1) is 8.67. The van der Waals surface area contributed by atoms with E-state index < -0.39 is 9.84 Å². The van der Waals surface area contributed by atoms with Crippen LogP contribution in [0.15, 0.2) is 0 Å². The van der Waals surface area contributed by atoms with Gasteiger partial charge in [-0.05, 0) is 6.42 Å². The van der Waals surface area contributed by atoms with E-state index in [4.69, 9.17) is 5.73 Å². The Morgan fingerprint density at radius 1 is 1.55 bits per heavy atom. The van der Waals surface area contributed by atoms with E-state index in [-0.39, 0.29) is 29.8 Å². The van der Waals surface area contributed by atoms with Crippen LogP contribution in [0.1, 0.15) is 6.42 Å². The second kappa shape index (κ2) is 2.91. The smallest absolute Gasteiger partial charge is 0.157 e. The summed E-state index contributed by atoms with van der Waals surface area (Å²) in [7, 11) is -3.08. The molecule has 1 rings (SSSR count). The van der Waals surface area contributed by atoms with Gasteiger partial charge in [-0.15, -0.1) is 0 Å². The van der Waals surface area contributed by atoms with Crippen LogP contribution in [-0.4, -0.2) is 32.3 Å². The third kappa shape index (κ3) is 2.00. The third-order valence-electron chi connectivity index (χ3n) is 1.88. The minimum Gasteiger partial charge on any atom is -0.330 e. The van der Waals surface area contributed by atoms with Crippen molar-refractivity contribution < 1.29 is 13.2 Å². The third-order valence-corrected chi connectivity index (χ3v) is 3.46. The molecule has 4 nitrogen and oxygen atoms in total. The van der Waals surface area contributed by atoms with Gasteiger partial charge < -0.3 is 5.73 Å². The number of hydrogen-bond acceptors (Lipinski definition) is 4. The van der Waals surface area contributed by atoms with E-state index in [1.54, 1.807) is 0 Å². The van der Waals surface area contributed by atoms with Crippen molar-refractivity contribution in [1.82, 2.24) is 0 Å². The lowest BCUT2D eigenvalue weighted by Crippen LogP contribution is -2.36. The van der Waals surface area contributed by atoms with Gasteiger partial charge in [-0.25, -0.2) is 8.42 Å². The molecule has 5 heteroatoms. The molecule has 1 heterocycles. The predicted octanol–water partition coefficient (Wildman–Crippen LogP) is -1.05. The monoisotopic (exact) mass is 177 g/mol. The highest BCUT2D eigenvalue weighted by atomic mass is 32.2. The summed E-state index contributed by atoms with van der Waals surface area (Å²) in [5.74, 6) is -0.646. The number of hydrogen-bond donors (Lipinski definition) is 1. The summed E-state index contributed by atoms with van der Waals surface area (Å²) in [6.07, 6.45) is 0.400. The molecule has 0 aliphatic carbocycles. The van der Waals surface area contributed by atoms with Crippen LogP contribution in [0.25, 0.3) is 0 Å². The maximum absolute atomic E-state index is 11.0. The van der Waals surface area contributed by atoms with Crippen molar-refractivity contribution in [3.63, 3.8) is 0 Å². The molecule has 0 aromatic rings. The molecular formula is C6H11NO3S. The van der Waals surface area contributed by atoms with Gasteiger partial charge >= 0.3 is 0 Å². The fourth-order valence-corrected chi connectivity index (χ4v) is 2.60. The van der Waals surface area contributed by atoms with Gasteiger partial charge in [-0.2, -0.15) is 0 Å². The minimum atomic E-state index is -3.08. The molecule has 1 atom stereocenters. The molecule has 1 fully saturated rings. The Balaban J connectivity index is 2.70. The van der Waals surface area contributed by atoms with E-state index in [9.17, 15) is 13.2 Å². The zero-order chi connectivity index (χ0) is 8.48. The number of rotatable bonds is 1. The van der Waals surface area contributed by atoms with Gasteiger partial charge in [0.1, 0.15) is 5.75 Å². The van der Waals surface area contributed by atoms with E-state index in [1.165, 1.54) is 0 Å². The van der Waals surface area contributed by atoms with Crippen molar-refractivity contribution in [3.8, 4) is 0 Å². The molecule has 11 heavy (non-hydrogen) atoms. The van der Waals surface area contributed by atoms with Gasteiger partial charge in [-0.1, -0.05) is 0 Å². The molecule has 0 bridgehead atoms. The number of carbonyl (C=O) groups excluding carboxylic acids is 1. The quantitative estimate of drug-likeness (QED) is 0.554. The largest absolute Gasteiger partial charge is 0.330 e. The fourth-order valence-electron chi connectivity index (χ4n) is 1.14. The Hall–Kier alpha value is -0.420. The summed E-state index contributed by atoms with van der Waals surface area (Å²) < 4.78 is 21.7. The molecular weight excluding hydrogens is 166 g/mol. The lowest BCUT2D eigenvalue weighted by atomic mass is 10.0. The summed E-state index contributed by atoms with van der Waals surface area (Å²) in [6, 6.07) is 0. The van der Waals surface area contributed by atoms with Gasteiger partial charge in [-0.3, -0.25) is 4.79 Å². The first-order chi connectivity index (χ1) is 5.05. The van der Waals surface area contributed by atoms with Crippen molar-refractivity contribution in [3.05, 3.63) is 0 Å². The predicted molar refractivity (Wildman–Crippen MR) is 40.8 cm³/mol. The summed E-state index contributed by atoms with van der Waals surface area (Å²) in [6.45, 7) is 0.272. The summed E-state index contributed by atoms with van der Waals surface area (Å²) in [5, 5.41) is 0. The first-order valence-electron chi connectivity index (χ1n) is 3.48. The second-order valence-electron chi connectivity index (χ2n) is 2.78. The maximum atomic E-state index is 11.0. The van der Waals surface area contributed by atoms with E-state index >= 15 is 0 Å². The summed E-state index contributed by atoms with van der Waals surface area (Å²) in [4.78, 5) is 11.0. The zero-order valence-electron chi connectivity index (χ0n) is 6.12. The topological polar surface area (TPSA) is 77.2 Å². The minimum absolute atomic E-state index is 0.112. The van der Waals surface area contributed by atoms with Crippen LogP contribution < -0.4 is 5.73 Å². The molecule has 64 valence electrons. The lowest BCUT2D eigenvalue weighted by molar-refractivity contribution is -0.120. The number of sulfone groups is 1. The van der Waals surface area contributed by atoms with E-state index in [0.717, 1.165) is 0 Å². The highest BCUT2D eigenvalue weighted by molar-refractivity contribution is 7.92. The molecule has 1 aliphatic rings. The molecule has 2 N–H and O–H groups in total. The maximum Gasteiger partial charge on any atom is 0.157 e. The van der Waals surface area contributed by atoms with Gasteiger partial charge in [0, 0.05) is 12.5 Å². The zero-order valence-corrected chi connectivity index (χ0v) is 6.93. The van der Waals surface area contributed by atoms with Crippen LogP contribution in [0.5, 0.6) is 0 Å². The Labute approximate surface area is 65.7 Å². The van der Waals surface area contributed by atoms with Crippen LogP contribution in [-0.2, 0) is 14.6 Å². The highest BCUT2D eigenvalue weighted by Crippen LogP contribution is 2.13. The van der Waals surface area contributed by atoms with Crippen LogP contribution >= 0.6 is 0 Å². The van der Waals surface area contributed by atoms with Crippen LogP contribution in [0.3, 0.4) is 0 Å². The SMILES string of the molecule is NCC1CCS(=O)(=O)CC1=O. The van der Waals surface area contributed by atoms with Gasteiger partial charge in [0.2, 0.25) is 0 Å². The molecule has 0 amide bonds. The normalized spacial score (nSPS) is 30.3. The van der Waals surface area contributed by atoms with E-state index in [0.29, 0.717) is 6.42 Å². The molecule has 1 unspecified atom stereocenters. The number of carbonyl (C=O) groups is 1. The van der Waals surface area contributed by atoms with Crippen molar-refractivity contribution >= 4 is 15.6 Å². The highest BCUT2D eigenvalue weighted by Gasteiger charge is 2.29. The first-order valence-corrected chi connectivity index (χ1v) is 5.30. The Bertz CT molecular complexity index is 257. The number of nitrogens with two attached hydrogens (primary N) is 1. The molecule has 0 radical (unpaired) electrons. The molecule has 1 aliphatic heterocycles. The molecule has 1 saturated heterocycles. The van der Waals surface area contributed by atoms with Crippen molar-refractivity contribution in [2.45, 2.75) is 6.42 Å². The lowest BCUT2D eigenvalue weighted by Gasteiger charge is -2.18. The van der Waals surface area contributed by atoms with Crippen molar-refractivity contribution in [1.29, 1.82) is 0 Å². The summed E-state index contributed by atoms with van der Waals surface area (Å²) >= 11 is 0. The summed E-state index contributed by atoms with van der Waals surface area (Å²) in [5.41, 5.74) is 5.27. The van der Waals surface area contributed by atoms with Crippen molar-refractivity contribution in [2.24, 2.45) is 11.7 Å². The van der Waals surface area contributed by atoms with E-state index in [2.05, 4.69) is 0 Å². The number of Topliss-reactive ketones (excluding diaryl/α,β-unsaturated/α-hetero) is 1. The molecule has 0 saturated carbocycles. The molecule has 0 aromatic carbocycles. The van der Waals surface area contributed by atoms with Gasteiger partial charge in [0.25, 0.3) is 0 Å². The Morgan fingerprint density at radius 3 is 2.64 bits per heavy atom. The Kier molecular flexibility index (Phi) is 2.29. The standard InChI is InChI=1S/C6H11NO3S/c7-3-5-1-2-11(9,10)4-6(5)8/h5H,1-4,7H2. The van der Waals surface area contributed by atoms with Crippen LogP contribution in [0.4, 0.5) is 0 Å². The average molecular weight is 177 g/mol. The van der Waals surface area contributed by atoms with Gasteiger partial charge in [0.05, 0.1) is 5.75 Å². The Morgan fingerprint density at radius 2 is 2.18 bits per heavy atom. The molecule has 0 spiro atoms. The van der Waals surface area contributed by atoms with Crippen LogP contribution in [0, 0.1) is 5.92 Å². The van der Waals surface area contributed by atoms with E-state index in [1.807, 2.05) is 0 Å². The van der Waals surface area contributed by atoms with Crippen LogP contribution in [0.2, 0.25) is 0 Å². The van der Waals surface area contributed by atoms with Crippen molar-refractivity contribution in [2.75, 3.05) is 18.1 Å². The average Bonchev–Trinajstić information content (AvgIpc) is 1.86. The molecule has 0 aromatic heterocycles. The fraction of sp³-hybridized carbons (Fsp3) is 0.833.